The molecule has 2 aromatic rings. The number of carbonyl (C=O) groups is 1. The number of ether oxygens (including phenoxy) is 1. The average Bonchev–Trinajstić information content (AvgIpc) is 3.08. The van der Waals surface area contributed by atoms with Crippen molar-refractivity contribution in [3.8, 4) is 5.75 Å². The Labute approximate surface area is 165 Å². The molecule has 2 aromatic carbocycles. The normalized spacial score (nSPS) is 14.7. The Bertz CT molecular complexity index is 790. The van der Waals surface area contributed by atoms with Gasteiger partial charge in [-0.2, -0.15) is 0 Å². The second kappa shape index (κ2) is 8.86. The van der Waals surface area contributed by atoms with Crippen molar-refractivity contribution in [3.63, 3.8) is 0 Å². The van der Waals surface area contributed by atoms with E-state index in [4.69, 9.17) is 17.0 Å². The van der Waals surface area contributed by atoms with Crippen molar-refractivity contribution in [2.24, 2.45) is 0 Å². The first-order chi connectivity index (χ1) is 13.0. The van der Waals surface area contributed by atoms with E-state index in [1.165, 1.54) is 5.56 Å². The minimum atomic E-state index is 0.0628. The molecule has 6 heteroatoms. The first-order valence-corrected chi connectivity index (χ1v) is 9.59. The van der Waals surface area contributed by atoms with Crippen molar-refractivity contribution in [1.82, 2.24) is 5.32 Å². The predicted molar refractivity (Wildman–Crippen MR) is 114 cm³/mol. The molecule has 0 radical (unpaired) electrons. The Kier molecular flexibility index (Phi) is 6.29. The summed E-state index contributed by atoms with van der Waals surface area (Å²) in [7, 11) is 0. The summed E-state index contributed by atoms with van der Waals surface area (Å²) in [5, 5.41) is 6.93. The molecular weight excluding hydrogens is 358 g/mol. The number of hydrogen-bond acceptors (Lipinski definition) is 3. The molecule has 1 fully saturated rings. The molecule has 1 saturated heterocycles. The molecule has 0 saturated carbocycles. The van der Waals surface area contributed by atoms with E-state index in [1.54, 1.807) is 0 Å². The standard InChI is InChI=1S/C21H25N3O2S/c1-15-5-11-19(12-6-15)26-14-16(2)22-21(27)23-17-7-9-18(10-8-17)24-13-3-4-20(24)25/h5-12,16H,3-4,13-14H2,1-2H3,(H2,22,23,27)/t16-/m0/s1. The molecule has 0 aliphatic carbocycles. The van der Waals surface area contributed by atoms with Crippen LogP contribution >= 0.6 is 12.2 Å². The highest BCUT2D eigenvalue weighted by Gasteiger charge is 2.21. The van der Waals surface area contributed by atoms with Crippen molar-refractivity contribution in [3.05, 3.63) is 54.1 Å². The third kappa shape index (κ3) is 5.44. The van der Waals surface area contributed by atoms with E-state index in [0.29, 0.717) is 18.1 Å². The van der Waals surface area contributed by atoms with Crippen molar-refractivity contribution < 1.29 is 9.53 Å². The maximum absolute atomic E-state index is 11.8. The van der Waals surface area contributed by atoms with Crippen LogP contribution in [0.15, 0.2) is 48.5 Å². The van der Waals surface area contributed by atoms with E-state index >= 15 is 0 Å². The molecular formula is C21H25N3O2S. The van der Waals surface area contributed by atoms with Gasteiger partial charge in [-0.3, -0.25) is 4.79 Å². The number of rotatable bonds is 6. The van der Waals surface area contributed by atoms with Gasteiger partial charge in [-0.15, -0.1) is 0 Å². The monoisotopic (exact) mass is 383 g/mol. The maximum atomic E-state index is 11.8. The number of aryl methyl sites for hydroxylation is 1. The highest BCUT2D eigenvalue weighted by molar-refractivity contribution is 7.80. The summed E-state index contributed by atoms with van der Waals surface area (Å²) < 4.78 is 5.77. The molecule has 1 aliphatic rings. The minimum absolute atomic E-state index is 0.0628. The third-order valence-corrected chi connectivity index (χ3v) is 4.63. The van der Waals surface area contributed by atoms with Crippen molar-refractivity contribution in [2.75, 3.05) is 23.4 Å². The summed E-state index contributed by atoms with van der Waals surface area (Å²) in [6.07, 6.45) is 1.56. The van der Waals surface area contributed by atoms with Gasteiger partial charge in [0.25, 0.3) is 0 Å². The van der Waals surface area contributed by atoms with Crippen LogP contribution in [0.1, 0.15) is 25.3 Å². The Hall–Kier alpha value is -2.60. The molecule has 27 heavy (non-hydrogen) atoms. The smallest absolute Gasteiger partial charge is 0.227 e. The Balaban J connectivity index is 1.45. The lowest BCUT2D eigenvalue weighted by atomic mass is 10.2. The van der Waals surface area contributed by atoms with Crippen molar-refractivity contribution in [2.45, 2.75) is 32.7 Å². The minimum Gasteiger partial charge on any atom is -0.491 e. The molecule has 2 N–H and O–H groups in total. The lowest BCUT2D eigenvalue weighted by molar-refractivity contribution is -0.117. The van der Waals surface area contributed by atoms with Crippen LogP contribution in [-0.2, 0) is 4.79 Å². The fourth-order valence-corrected chi connectivity index (χ4v) is 3.25. The van der Waals surface area contributed by atoms with E-state index in [0.717, 1.165) is 30.1 Å². The van der Waals surface area contributed by atoms with Crippen LogP contribution in [0.25, 0.3) is 0 Å². The van der Waals surface area contributed by atoms with Crippen LogP contribution in [0.5, 0.6) is 5.75 Å². The van der Waals surface area contributed by atoms with Gasteiger partial charge in [0.1, 0.15) is 12.4 Å². The molecule has 0 bridgehead atoms. The lowest BCUT2D eigenvalue weighted by Crippen LogP contribution is -2.39. The lowest BCUT2D eigenvalue weighted by Gasteiger charge is -2.19. The predicted octanol–water partition coefficient (Wildman–Crippen LogP) is 3.88. The largest absolute Gasteiger partial charge is 0.491 e. The van der Waals surface area contributed by atoms with Crippen LogP contribution in [0.2, 0.25) is 0 Å². The summed E-state index contributed by atoms with van der Waals surface area (Å²) in [5.41, 5.74) is 3.02. The number of hydrogen-bond donors (Lipinski definition) is 2. The number of nitrogens with zero attached hydrogens (tertiary/aromatic N) is 1. The number of thiocarbonyl (C=S) groups is 1. The van der Waals surface area contributed by atoms with Gasteiger partial charge in [0, 0.05) is 24.3 Å². The molecule has 0 spiro atoms. The van der Waals surface area contributed by atoms with Crippen LogP contribution in [0.4, 0.5) is 11.4 Å². The van der Waals surface area contributed by atoms with Crippen molar-refractivity contribution in [1.29, 1.82) is 0 Å². The SMILES string of the molecule is Cc1ccc(OC[C@H](C)NC(=S)Nc2ccc(N3CCCC3=O)cc2)cc1. The zero-order chi connectivity index (χ0) is 19.2. The first kappa shape index (κ1) is 19.2. The summed E-state index contributed by atoms with van der Waals surface area (Å²) in [5.74, 6) is 1.04. The zero-order valence-corrected chi connectivity index (χ0v) is 16.5. The highest BCUT2D eigenvalue weighted by atomic mass is 32.1. The Morgan fingerprint density at radius 1 is 1.19 bits per heavy atom. The van der Waals surface area contributed by atoms with E-state index in [9.17, 15) is 4.79 Å². The van der Waals surface area contributed by atoms with Crippen LogP contribution < -0.4 is 20.3 Å². The molecule has 1 amide bonds. The van der Waals surface area contributed by atoms with Gasteiger partial charge in [-0.25, -0.2) is 0 Å². The van der Waals surface area contributed by atoms with Gasteiger partial charge >= 0.3 is 0 Å². The fraction of sp³-hybridized carbons (Fsp3) is 0.333. The first-order valence-electron chi connectivity index (χ1n) is 9.19. The zero-order valence-electron chi connectivity index (χ0n) is 15.7. The second-order valence-electron chi connectivity index (χ2n) is 6.82. The van der Waals surface area contributed by atoms with Gasteiger partial charge in [0.05, 0.1) is 6.04 Å². The Morgan fingerprint density at radius 3 is 2.52 bits per heavy atom. The molecule has 3 rings (SSSR count). The summed E-state index contributed by atoms with van der Waals surface area (Å²) in [6, 6.07) is 15.8. The van der Waals surface area contributed by atoms with Crippen molar-refractivity contribution >= 4 is 34.6 Å². The quantitative estimate of drug-likeness (QED) is 0.742. The van der Waals surface area contributed by atoms with Crippen LogP contribution in [-0.4, -0.2) is 30.2 Å². The Morgan fingerprint density at radius 2 is 1.89 bits per heavy atom. The van der Waals surface area contributed by atoms with Gasteiger partial charge in [0.15, 0.2) is 5.11 Å². The molecule has 1 aliphatic heterocycles. The topological polar surface area (TPSA) is 53.6 Å². The fourth-order valence-electron chi connectivity index (χ4n) is 2.93. The summed E-state index contributed by atoms with van der Waals surface area (Å²) >= 11 is 5.38. The number of amides is 1. The number of benzene rings is 2. The van der Waals surface area contributed by atoms with E-state index < -0.39 is 0 Å². The number of nitrogens with one attached hydrogen (secondary N) is 2. The third-order valence-electron chi connectivity index (χ3n) is 4.41. The number of anilines is 2. The molecule has 0 unspecified atom stereocenters. The van der Waals surface area contributed by atoms with Crippen LogP contribution in [0, 0.1) is 6.92 Å². The molecule has 5 nitrogen and oxygen atoms in total. The van der Waals surface area contributed by atoms with Crippen LogP contribution in [0.3, 0.4) is 0 Å². The highest BCUT2D eigenvalue weighted by Crippen LogP contribution is 2.23. The maximum Gasteiger partial charge on any atom is 0.227 e. The molecule has 1 atom stereocenters. The number of carbonyl (C=O) groups excluding carboxylic acids is 1. The molecule has 1 heterocycles. The molecule has 142 valence electrons. The van der Waals surface area contributed by atoms with Gasteiger partial charge in [0.2, 0.25) is 5.91 Å². The van der Waals surface area contributed by atoms with Gasteiger partial charge < -0.3 is 20.3 Å². The second-order valence-corrected chi connectivity index (χ2v) is 7.23. The van der Waals surface area contributed by atoms with Gasteiger partial charge in [-0.1, -0.05) is 17.7 Å². The van der Waals surface area contributed by atoms with E-state index in [-0.39, 0.29) is 11.9 Å². The van der Waals surface area contributed by atoms with Gasteiger partial charge in [-0.05, 0) is 68.9 Å². The van der Waals surface area contributed by atoms with E-state index in [2.05, 4.69) is 10.6 Å². The summed E-state index contributed by atoms with van der Waals surface area (Å²) in [6.45, 7) is 5.38. The molecule has 0 aromatic heterocycles. The summed E-state index contributed by atoms with van der Waals surface area (Å²) in [4.78, 5) is 13.6. The average molecular weight is 384 g/mol. The van der Waals surface area contributed by atoms with E-state index in [1.807, 2.05) is 67.3 Å².